The Balaban J connectivity index is 1.37. The minimum absolute atomic E-state index is 0.0755. The first-order valence-corrected chi connectivity index (χ1v) is 11.6. The van der Waals surface area contributed by atoms with Crippen LogP contribution in [0.5, 0.6) is 0 Å². The highest BCUT2D eigenvalue weighted by Gasteiger charge is 2.25. The van der Waals surface area contributed by atoms with E-state index >= 15 is 0 Å². The topological polar surface area (TPSA) is 81.0 Å². The Kier molecular flexibility index (Phi) is 5.55. The molecule has 31 heavy (non-hydrogen) atoms. The molecule has 2 aromatic heterocycles. The summed E-state index contributed by atoms with van der Waals surface area (Å²) in [6.45, 7) is 1.12. The van der Waals surface area contributed by atoms with Gasteiger partial charge in [0.15, 0.2) is 16.8 Å². The number of carbonyl (C=O) groups excluding carboxylic acids is 2. The number of benzene rings is 1. The van der Waals surface area contributed by atoms with Gasteiger partial charge >= 0.3 is 0 Å². The van der Waals surface area contributed by atoms with Gasteiger partial charge in [0.05, 0.1) is 12.3 Å². The summed E-state index contributed by atoms with van der Waals surface area (Å²) in [4.78, 5) is 31.2. The second kappa shape index (κ2) is 8.63. The molecule has 0 unspecified atom stereocenters. The first-order valence-electron chi connectivity index (χ1n) is 10.6. The van der Waals surface area contributed by atoms with Crippen LogP contribution in [0.15, 0.2) is 47.8 Å². The normalized spacial score (nSPS) is 15.5. The van der Waals surface area contributed by atoms with Crippen molar-refractivity contribution in [2.45, 2.75) is 43.8 Å². The fourth-order valence-electron chi connectivity index (χ4n) is 4.21. The smallest absolute Gasteiger partial charge is 0.223 e. The minimum atomic E-state index is 0.0755. The van der Waals surface area contributed by atoms with Gasteiger partial charge in [0, 0.05) is 24.7 Å². The van der Waals surface area contributed by atoms with Gasteiger partial charge in [-0.15, -0.1) is 10.2 Å². The number of aryl methyl sites for hydroxylation is 2. The molecule has 2 aliphatic rings. The number of fused-ring (bicyclic) bond motifs is 1. The van der Waals surface area contributed by atoms with Gasteiger partial charge in [-0.1, -0.05) is 30.0 Å². The maximum absolute atomic E-state index is 12.8. The second-order valence-corrected chi connectivity index (χ2v) is 8.83. The van der Waals surface area contributed by atoms with Gasteiger partial charge in [-0.25, -0.2) is 4.98 Å². The summed E-state index contributed by atoms with van der Waals surface area (Å²) in [6.07, 6.45) is 6.48. The van der Waals surface area contributed by atoms with E-state index in [1.807, 2.05) is 34.9 Å². The van der Waals surface area contributed by atoms with Crippen molar-refractivity contribution >= 4 is 23.5 Å². The number of Topliss-reactive ketones (excluding diaryl/α,β-unsaturated/α-hetero) is 1. The molecule has 0 N–H and O–H groups in total. The van der Waals surface area contributed by atoms with Crippen LogP contribution in [0.4, 0.5) is 0 Å². The molecule has 0 saturated carbocycles. The van der Waals surface area contributed by atoms with Gasteiger partial charge in [0.1, 0.15) is 5.82 Å². The number of aromatic nitrogens is 4. The van der Waals surface area contributed by atoms with Gasteiger partial charge in [-0.05, 0) is 55.0 Å². The van der Waals surface area contributed by atoms with Crippen LogP contribution in [0.25, 0.3) is 5.82 Å². The van der Waals surface area contributed by atoms with E-state index in [2.05, 4.69) is 21.2 Å². The summed E-state index contributed by atoms with van der Waals surface area (Å²) in [5.74, 6) is 1.82. The van der Waals surface area contributed by atoms with Crippen LogP contribution in [0, 0.1) is 0 Å². The zero-order valence-corrected chi connectivity index (χ0v) is 18.0. The van der Waals surface area contributed by atoms with Gasteiger partial charge in [-0.3, -0.25) is 14.2 Å². The number of amides is 1. The molecule has 7 nitrogen and oxygen atoms in total. The third-order valence-electron chi connectivity index (χ3n) is 5.84. The molecule has 5 rings (SSSR count). The predicted octanol–water partition coefficient (Wildman–Crippen LogP) is 3.25. The second-order valence-electron chi connectivity index (χ2n) is 7.89. The summed E-state index contributed by atoms with van der Waals surface area (Å²) < 4.78 is 1.85. The van der Waals surface area contributed by atoms with Crippen LogP contribution in [0.1, 0.15) is 46.6 Å². The summed E-state index contributed by atoms with van der Waals surface area (Å²) in [6, 6.07) is 11.7. The van der Waals surface area contributed by atoms with Crippen LogP contribution in [0.2, 0.25) is 0 Å². The van der Waals surface area contributed by atoms with E-state index in [0.29, 0.717) is 29.8 Å². The van der Waals surface area contributed by atoms with Crippen molar-refractivity contribution in [3.05, 3.63) is 65.1 Å². The fraction of sp³-hybridized carbons (Fsp3) is 0.348. The quantitative estimate of drug-likeness (QED) is 0.420. The van der Waals surface area contributed by atoms with Crippen molar-refractivity contribution in [2.24, 2.45) is 0 Å². The Labute approximate surface area is 184 Å². The maximum Gasteiger partial charge on any atom is 0.223 e. The molecule has 8 heteroatoms. The summed E-state index contributed by atoms with van der Waals surface area (Å²) >= 11 is 1.35. The number of carbonyl (C=O) groups is 2. The number of likely N-dealkylation sites (tertiary alicyclic amines) is 1. The molecule has 3 heterocycles. The summed E-state index contributed by atoms with van der Waals surface area (Å²) in [5.41, 5.74) is 3.41. The first kappa shape index (κ1) is 19.9. The largest absolute Gasteiger partial charge is 0.335 e. The molecule has 1 fully saturated rings. The van der Waals surface area contributed by atoms with Crippen molar-refractivity contribution in [3.63, 3.8) is 0 Å². The number of nitrogens with zero attached hydrogens (tertiary/aromatic N) is 5. The monoisotopic (exact) mass is 433 g/mol. The highest BCUT2D eigenvalue weighted by atomic mass is 32.2. The number of ketones is 1. The zero-order chi connectivity index (χ0) is 21.2. The van der Waals surface area contributed by atoms with Crippen molar-refractivity contribution in [3.8, 4) is 5.82 Å². The van der Waals surface area contributed by atoms with Crippen LogP contribution in [0.3, 0.4) is 0 Å². The van der Waals surface area contributed by atoms with E-state index in [4.69, 9.17) is 0 Å². The van der Waals surface area contributed by atoms with E-state index < -0.39 is 0 Å². The number of pyridine rings is 1. The Morgan fingerprint density at radius 2 is 1.94 bits per heavy atom. The summed E-state index contributed by atoms with van der Waals surface area (Å²) in [7, 11) is 0. The van der Waals surface area contributed by atoms with Crippen molar-refractivity contribution in [1.29, 1.82) is 0 Å². The summed E-state index contributed by atoms with van der Waals surface area (Å²) in [5, 5.41) is 9.27. The number of hydrogen-bond acceptors (Lipinski definition) is 6. The molecule has 158 valence electrons. The third kappa shape index (κ3) is 4.12. The minimum Gasteiger partial charge on any atom is -0.335 e. The Hall–Kier alpha value is -3.00. The van der Waals surface area contributed by atoms with Gasteiger partial charge in [-0.2, -0.15) is 0 Å². The van der Waals surface area contributed by atoms with Crippen LogP contribution >= 0.6 is 11.8 Å². The van der Waals surface area contributed by atoms with E-state index in [-0.39, 0.29) is 17.4 Å². The van der Waals surface area contributed by atoms with Crippen molar-refractivity contribution in [2.75, 3.05) is 12.3 Å². The predicted molar refractivity (Wildman–Crippen MR) is 117 cm³/mol. The van der Waals surface area contributed by atoms with E-state index in [0.717, 1.165) is 37.8 Å². The fourth-order valence-corrected chi connectivity index (χ4v) is 5.07. The van der Waals surface area contributed by atoms with Crippen molar-refractivity contribution in [1.82, 2.24) is 24.6 Å². The Bertz CT molecular complexity index is 1130. The van der Waals surface area contributed by atoms with Crippen LogP contribution in [-0.2, 0) is 24.2 Å². The molecule has 0 radical (unpaired) electrons. The molecule has 0 spiro atoms. The van der Waals surface area contributed by atoms with Gasteiger partial charge < -0.3 is 4.90 Å². The molecule has 1 aromatic carbocycles. The number of rotatable bonds is 7. The molecule has 3 aromatic rings. The highest BCUT2D eigenvalue weighted by molar-refractivity contribution is 7.99. The lowest BCUT2D eigenvalue weighted by molar-refractivity contribution is -0.128. The van der Waals surface area contributed by atoms with E-state index in [9.17, 15) is 9.59 Å². The molecule has 1 saturated heterocycles. The number of hydrogen-bond donors (Lipinski definition) is 0. The van der Waals surface area contributed by atoms with Gasteiger partial charge in [0.2, 0.25) is 5.91 Å². The van der Waals surface area contributed by atoms with Crippen molar-refractivity contribution < 1.29 is 9.59 Å². The zero-order valence-electron chi connectivity index (χ0n) is 17.2. The SMILES string of the molecule is O=C(CSc1nnc(CN2CCCC2=O)n1-c1ccccn1)c1ccc2c(c1)CCC2. The molecule has 1 amide bonds. The van der Waals surface area contributed by atoms with Crippen LogP contribution < -0.4 is 0 Å². The molecule has 1 aliphatic carbocycles. The molecule has 0 bridgehead atoms. The molecular weight excluding hydrogens is 410 g/mol. The molecule has 0 atom stereocenters. The third-order valence-corrected chi connectivity index (χ3v) is 6.76. The van der Waals surface area contributed by atoms with Crippen LogP contribution in [-0.4, -0.2) is 48.6 Å². The number of thioether (sulfide) groups is 1. The molecular formula is C23H23N5O2S. The standard InChI is InChI=1S/C23H23N5O2S/c29-19(18-10-9-16-5-3-6-17(16)13-18)15-31-23-26-25-21(14-27-12-4-8-22(27)30)28(23)20-7-1-2-11-24-20/h1-2,7,9-11,13H,3-6,8,12,14-15H2. The average molecular weight is 434 g/mol. The van der Waals surface area contributed by atoms with E-state index in [1.54, 1.807) is 11.1 Å². The lowest BCUT2D eigenvalue weighted by atomic mass is 10.0. The van der Waals surface area contributed by atoms with E-state index in [1.165, 1.54) is 22.9 Å². The lowest BCUT2D eigenvalue weighted by Gasteiger charge is -2.16. The Morgan fingerprint density at radius 1 is 1.03 bits per heavy atom. The maximum atomic E-state index is 12.8. The first-order chi connectivity index (χ1) is 15.2. The van der Waals surface area contributed by atoms with Gasteiger partial charge in [0.25, 0.3) is 0 Å². The Morgan fingerprint density at radius 3 is 2.74 bits per heavy atom. The average Bonchev–Trinajstić information content (AvgIpc) is 3.53. The molecule has 1 aliphatic heterocycles. The highest BCUT2D eigenvalue weighted by Crippen LogP contribution is 2.26. The lowest BCUT2D eigenvalue weighted by Crippen LogP contribution is -2.25.